The lowest BCUT2D eigenvalue weighted by Crippen LogP contribution is -2.40. The summed E-state index contributed by atoms with van der Waals surface area (Å²) in [5.74, 6) is -8.33. The van der Waals surface area contributed by atoms with Crippen LogP contribution in [0, 0.1) is 28.6 Å². The van der Waals surface area contributed by atoms with Crippen molar-refractivity contribution in [3.05, 3.63) is 195 Å². The molecule has 1 fully saturated rings. The first kappa shape index (κ1) is 81.8. The van der Waals surface area contributed by atoms with Gasteiger partial charge in [0, 0.05) is 83.9 Å². The summed E-state index contributed by atoms with van der Waals surface area (Å²) in [6.07, 6.45) is 3.76. The van der Waals surface area contributed by atoms with Crippen LogP contribution < -0.4 is 26.5 Å². The largest absolute Gasteiger partial charge is 0.494 e. The van der Waals surface area contributed by atoms with E-state index in [2.05, 4.69) is 51.8 Å². The van der Waals surface area contributed by atoms with Gasteiger partial charge in [-0.2, -0.15) is 15.0 Å². The van der Waals surface area contributed by atoms with Crippen molar-refractivity contribution >= 4 is 63.8 Å². The summed E-state index contributed by atoms with van der Waals surface area (Å²) in [4.78, 5) is 107. The minimum absolute atomic E-state index is 0.0589. The van der Waals surface area contributed by atoms with Crippen LogP contribution in [0.5, 0.6) is 11.5 Å². The molecule has 1 aliphatic rings. The summed E-state index contributed by atoms with van der Waals surface area (Å²) in [6.45, 7) is 17.1. The van der Waals surface area contributed by atoms with Gasteiger partial charge in [-0.15, -0.1) is 0 Å². The van der Waals surface area contributed by atoms with Crippen LogP contribution in [0.15, 0.2) is 136 Å². The average Bonchev–Trinajstić information content (AvgIpc) is 1.74. The number of aryl methyl sites for hydroxylation is 4. The Balaban J connectivity index is 0.000000199. The molecule has 3 aromatic heterocycles. The van der Waals surface area contributed by atoms with Gasteiger partial charge in [0.15, 0.2) is 17.5 Å². The van der Waals surface area contributed by atoms with Crippen LogP contribution in [0.3, 0.4) is 0 Å². The first-order valence-corrected chi connectivity index (χ1v) is 35.3. The van der Waals surface area contributed by atoms with Crippen molar-refractivity contribution in [1.82, 2.24) is 44.9 Å². The molecule has 3 heterocycles. The van der Waals surface area contributed by atoms with Crippen molar-refractivity contribution in [2.24, 2.45) is 21.7 Å². The number of ether oxygens (including phenoxy) is 2. The van der Waals surface area contributed by atoms with E-state index in [1.54, 1.807) is 109 Å². The SMILES string of the molecule is CC1(COc2ccc(-c3nc(-c4cc(CCC(=O)C(C)(C)C(C)(F)F)ccc4Cl)[nH]c(=O)n3)cc2)CC1.CCCOc1ccc(-c2nc(-c3cc(CCC(=O)C(C)(C)C(C)(F)F)ccc3Cl)[nH]c(=O)n2)cc1.Cc1ccc(-c2nc(-c3cc(CCC(=O)C(C)(C)C(C)(F)F)ccc3Cl)[nH]c(=O)n2)cc1Cl. The van der Waals surface area contributed by atoms with Crippen LogP contribution in [0.2, 0.25) is 20.1 Å². The molecule has 0 amide bonds. The quantitative estimate of drug-likeness (QED) is 0.0406. The number of alkyl halides is 6. The second-order valence-electron chi connectivity index (χ2n) is 28.2. The normalized spacial score (nSPS) is 13.0. The number of aromatic amines is 3. The average molecular weight is 1530 g/mol. The van der Waals surface area contributed by atoms with Crippen molar-refractivity contribution in [3.63, 3.8) is 0 Å². The molecule has 1 saturated carbocycles. The molecule has 0 radical (unpaired) electrons. The predicted octanol–water partition coefficient (Wildman–Crippen LogP) is 18.9. The molecule has 0 atom stereocenters. The molecule has 3 N–H and O–H groups in total. The fourth-order valence-corrected chi connectivity index (χ4v) is 10.9. The van der Waals surface area contributed by atoms with Crippen LogP contribution >= 0.6 is 46.4 Å². The molecule has 6 aromatic carbocycles. The number of nitrogens with one attached hydrogen (secondary N) is 3. The highest BCUT2D eigenvalue weighted by Gasteiger charge is 2.49. The molecule has 1 aliphatic carbocycles. The molecule has 0 spiro atoms. The fourth-order valence-electron chi connectivity index (χ4n) is 10.1. The van der Waals surface area contributed by atoms with Gasteiger partial charge in [0.1, 0.15) is 46.3 Å². The number of carbonyl (C=O) groups is 3. The number of ketones is 3. The molecule has 10 rings (SSSR count). The Morgan fingerprint density at radius 3 is 1.06 bits per heavy atom. The van der Waals surface area contributed by atoms with Crippen molar-refractivity contribution < 1.29 is 50.2 Å². The highest BCUT2D eigenvalue weighted by Crippen LogP contribution is 2.46. The summed E-state index contributed by atoms with van der Waals surface area (Å²) in [7, 11) is 0. The number of benzene rings is 6. The molecule has 556 valence electrons. The summed E-state index contributed by atoms with van der Waals surface area (Å²) in [6, 6.07) is 34.6. The van der Waals surface area contributed by atoms with E-state index >= 15 is 0 Å². The van der Waals surface area contributed by atoms with Crippen molar-refractivity contribution in [3.8, 4) is 79.8 Å². The Morgan fingerprint density at radius 1 is 0.438 bits per heavy atom. The molecular weight excluding hydrogens is 1450 g/mol. The van der Waals surface area contributed by atoms with E-state index in [0.29, 0.717) is 89.1 Å². The second-order valence-corrected chi connectivity index (χ2v) is 29.8. The zero-order chi connectivity index (χ0) is 77.4. The van der Waals surface area contributed by atoms with Gasteiger partial charge < -0.3 is 9.47 Å². The van der Waals surface area contributed by atoms with Gasteiger partial charge in [0.05, 0.1) is 44.5 Å². The minimum Gasteiger partial charge on any atom is -0.494 e. The second kappa shape index (κ2) is 33.3. The lowest BCUT2D eigenvalue weighted by molar-refractivity contribution is -0.150. The van der Waals surface area contributed by atoms with Gasteiger partial charge >= 0.3 is 17.1 Å². The molecule has 0 bridgehead atoms. The summed E-state index contributed by atoms with van der Waals surface area (Å²) in [5, 5.41) is 1.52. The molecule has 17 nitrogen and oxygen atoms in total. The lowest BCUT2D eigenvalue weighted by Gasteiger charge is -2.29. The van der Waals surface area contributed by atoms with Crippen LogP contribution in [0.1, 0.15) is 137 Å². The predicted molar refractivity (Wildman–Crippen MR) is 397 cm³/mol. The van der Waals surface area contributed by atoms with Crippen molar-refractivity contribution in [1.29, 1.82) is 0 Å². The molecule has 105 heavy (non-hydrogen) atoms. The Hall–Kier alpha value is -8.90. The maximum Gasteiger partial charge on any atom is 0.348 e. The highest BCUT2D eigenvalue weighted by atomic mass is 35.5. The summed E-state index contributed by atoms with van der Waals surface area (Å²) < 4.78 is 94.3. The molecule has 0 saturated heterocycles. The van der Waals surface area contributed by atoms with Crippen molar-refractivity contribution in [2.75, 3.05) is 13.2 Å². The number of carbonyl (C=O) groups excluding carboxylic acids is 3. The summed E-state index contributed by atoms with van der Waals surface area (Å²) in [5.41, 5.74) is -0.729. The van der Waals surface area contributed by atoms with E-state index in [0.717, 1.165) is 38.5 Å². The number of hydrogen-bond donors (Lipinski definition) is 3. The Bertz CT molecular complexity index is 4840. The first-order valence-electron chi connectivity index (χ1n) is 33.8. The third-order valence-corrected chi connectivity index (χ3v) is 20.3. The van der Waals surface area contributed by atoms with Crippen LogP contribution in [-0.4, -0.2) is 93.2 Å². The Kier molecular flexibility index (Phi) is 25.9. The number of rotatable bonds is 27. The first-order chi connectivity index (χ1) is 49.0. The monoisotopic (exact) mass is 1530 g/mol. The number of H-pyrrole nitrogens is 3. The number of nitrogens with zero attached hydrogens (tertiary/aromatic N) is 6. The van der Waals surface area contributed by atoms with Crippen LogP contribution in [-0.2, 0) is 33.6 Å². The van der Waals surface area contributed by atoms with E-state index in [1.807, 2.05) is 26.0 Å². The van der Waals surface area contributed by atoms with E-state index in [9.17, 15) is 55.1 Å². The Morgan fingerprint density at radius 2 is 0.752 bits per heavy atom. The molecule has 0 unspecified atom stereocenters. The molecule has 0 aliphatic heterocycles. The number of hydrogen-bond acceptors (Lipinski definition) is 14. The zero-order valence-corrected chi connectivity index (χ0v) is 63.1. The summed E-state index contributed by atoms with van der Waals surface area (Å²) >= 11 is 25.3. The third kappa shape index (κ3) is 21.0. The molecular formula is C78H81Cl4F6N9O8. The van der Waals surface area contributed by atoms with Gasteiger partial charge in [-0.3, -0.25) is 29.3 Å². The number of halogens is 10. The van der Waals surface area contributed by atoms with Crippen molar-refractivity contribution in [2.45, 2.75) is 159 Å². The maximum absolute atomic E-state index is 13.8. The van der Waals surface area contributed by atoms with Gasteiger partial charge in [-0.25, -0.2) is 55.7 Å². The molecule has 9 aromatic rings. The number of aromatic nitrogens is 9. The number of Topliss-reactive ketones (excluding diaryl/α,β-unsaturated/α-hetero) is 3. The van der Waals surface area contributed by atoms with Crippen LogP contribution in [0.25, 0.3) is 68.3 Å². The topological polar surface area (TPSA) is 246 Å². The lowest BCUT2D eigenvalue weighted by atomic mass is 9.80. The zero-order valence-electron chi connectivity index (χ0n) is 60.1. The standard InChI is InChI=1S/C28H30ClF2N3O3.C26H28ClF2N3O3.C24H23Cl2F2N3O2/c1-26(2,28(4,30)31)22(35)12-6-17-5-11-21(29)20(15-17)24-32-23(33-25(36)34-24)18-7-9-19(10-8-18)37-16-27(3)13-14-27;1-5-14-35-18-10-8-17(9-11-18)22-30-23(32-24(34)31-22)19-15-16(6-12-20(19)27)7-13-21(33)25(2,3)26(4,28)29;1-13-5-8-15(12-18(13)26)20-29-21(31-22(33)30-20)16-11-14(6-9-17(16)25)7-10-19(32)23(2,3)24(4,27)28/h5,7-11,15H,6,12-14,16H2,1-4H3,(H,32,33,34,36);6,8-12,15H,5,7,13-14H2,1-4H3,(H,30,31,32,34);5-6,8-9,11-12H,7,10H2,1-4H3,(H,29,30,31,33). The van der Waals surface area contributed by atoms with Gasteiger partial charge in [0.25, 0.3) is 17.8 Å². The van der Waals surface area contributed by atoms with E-state index in [1.165, 1.54) is 54.4 Å². The van der Waals surface area contributed by atoms with Gasteiger partial charge in [0.2, 0.25) is 0 Å². The fraction of sp³-hybridized carbons (Fsp3) is 0.385. The van der Waals surface area contributed by atoms with Gasteiger partial charge in [-0.1, -0.05) is 90.6 Å². The maximum atomic E-state index is 13.8. The minimum atomic E-state index is -3.13. The van der Waals surface area contributed by atoms with Crippen LogP contribution in [0.4, 0.5) is 26.3 Å². The van der Waals surface area contributed by atoms with E-state index in [-0.39, 0.29) is 78.9 Å². The highest BCUT2D eigenvalue weighted by molar-refractivity contribution is 6.34. The van der Waals surface area contributed by atoms with E-state index < -0.39 is 68.4 Å². The van der Waals surface area contributed by atoms with E-state index in [4.69, 9.17) is 55.9 Å². The Labute approximate surface area is 623 Å². The third-order valence-electron chi connectivity index (χ3n) is 18.9. The van der Waals surface area contributed by atoms with Gasteiger partial charge in [-0.05, 0) is 200 Å². The smallest absolute Gasteiger partial charge is 0.348 e. The molecule has 27 heteroatoms.